The van der Waals surface area contributed by atoms with Gasteiger partial charge in [-0.1, -0.05) is 0 Å². The molecular weight excluding hydrogens is 337 g/mol. The van der Waals surface area contributed by atoms with Crippen LogP contribution in [0.3, 0.4) is 0 Å². The van der Waals surface area contributed by atoms with Gasteiger partial charge in [0, 0.05) is 0 Å². The van der Waals surface area contributed by atoms with Crippen molar-refractivity contribution in [1.82, 2.24) is 29.5 Å². The van der Waals surface area contributed by atoms with Gasteiger partial charge in [0.05, 0.1) is 23.9 Å². The van der Waals surface area contributed by atoms with Crippen LogP contribution in [0.1, 0.15) is 31.8 Å². The van der Waals surface area contributed by atoms with Crippen molar-refractivity contribution >= 4 is 28.0 Å². The number of aromatic amines is 1. The number of aromatic nitrogens is 6. The molecule has 2 atom stereocenters. The van der Waals surface area contributed by atoms with Crippen LogP contribution in [0.5, 0.6) is 5.75 Å². The maximum Gasteiger partial charge on any atom is 0.180 e. The summed E-state index contributed by atoms with van der Waals surface area (Å²) in [6.07, 6.45) is 3.06. The minimum absolute atomic E-state index is 0.0457. The molecule has 4 aromatic rings. The van der Waals surface area contributed by atoms with Crippen LogP contribution in [0.4, 0.5) is 10.2 Å². The van der Waals surface area contributed by atoms with Gasteiger partial charge in [-0.05, 0) is 26.0 Å². The Bertz CT molecular complexity index is 1140. The van der Waals surface area contributed by atoms with Crippen molar-refractivity contribution < 1.29 is 9.13 Å². The Morgan fingerprint density at radius 2 is 2.23 bits per heavy atom. The third kappa shape index (κ3) is 2.06. The lowest BCUT2D eigenvalue weighted by Crippen LogP contribution is -2.24. The van der Waals surface area contributed by atoms with Gasteiger partial charge in [0.15, 0.2) is 23.0 Å². The van der Waals surface area contributed by atoms with Crippen molar-refractivity contribution in [3.05, 3.63) is 36.4 Å². The highest BCUT2D eigenvalue weighted by atomic mass is 19.1. The fourth-order valence-electron chi connectivity index (χ4n) is 3.46. The van der Waals surface area contributed by atoms with E-state index < -0.39 is 0 Å². The lowest BCUT2D eigenvalue weighted by molar-refractivity contribution is 0.234. The molecule has 0 saturated heterocycles. The van der Waals surface area contributed by atoms with Gasteiger partial charge in [-0.3, -0.25) is 0 Å². The molecule has 0 amide bonds. The SMILES string of the molecule is C[C@H](Nc1ncnc2[nH]cnc12)c1nc2ccc(F)c3c2n1[C@@H](C)CO3. The van der Waals surface area contributed by atoms with Crippen LogP contribution in [-0.4, -0.2) is 36.1 Å². The van der Waals surface area contributed by atoms with Crippen molar-refractivity contribution in [1.29, 1.82) is 0 Å². The largest absolute Gasteiger partial charge is 0.486 e. The molecule has 0 fully saturated rings. The number of hydrogen-bond acceptors (Lipinski definition) is 6. The molecule has 5 rings (SSSR count). The number of imidazole rings is 2. The first-order valence-corrected chi connectivity index (χ1v) is 8.37. The summed E-state index contributed by atoms with van der Waals surface area (Å²) >= 11 is 0. The van der Waals surface area contributed by atoms with Crippen molar-refractivity contribution in [2.45, 2.75) is 25.9 Å². The summed E-state index contributed by atoms with van der Waals surface area (Å²) < 4.78 is 21.8. The molecule has 0 bridgehead atoms. The highest BCUT2D eigenvalue weighted by Gasteiger charge is 2.28. The minimum atomic E-state index is -0.369. The van der Waals surface area contributed by atoms with Crippen LogP contribution >= 0.6 is 0 Å². The van der Waals surface area contributed by atoms with E-state index in [9.17, 15) is 4.39 Å². The van der Waals surface area contributed by atoms with E-state index in [0.29, 0.717) is 34.6 Å². The number of nitrogens with zero attached hydrogens (tertiary/aromatic N) is 5. The average Bonchev–Trinajstić information content (AvgIpc) is 3.26. The summed E-state index contributed by atoms with van der Waals surface area (Å²) in [6.45, 7) is 4.42. The van der Waals surface area contributed by atoms with Crippen molar-refractivity contribution in [3.63, 3.8) is 0 Å². The Balaban J connectivity index is 1.62. The average molecular weight is 353 g/mol. The lowest BCUT2D eigenvalue weighted by atomic mass is 10.2. The lowest BCUT2D eigenvalue weighted by Gasteiger charge is -2.26. The van der Waals surface area contributed by atoms with E-state index in [1.54, 1.807) is 12.4 Å². The number of rotatable bonds is 3. The van der Waals surface area contributed by atoms with Gasteiger partial charge in [0.25, 0.3) is 0 Å². The fraction of sp³-hybridized carbons (Fsp3) is 0.294. The zero-order valence-corrected chi connectivity index (χ0v) is 14.2. The second-order valence-electron chi connectivity index (χ2n) is 6.43. The number of fused-ring (bicyclic) bond motifs is 1. The van der Waals surface area contributed by atoms with E-state index in [2.05, 4.69) is 25.3 Å². The third-order valence-corrected chi connectivity index (χ3v) is 4.65. The zero-order valence-electron chi connectivity index (χ0n) is 14.2. The molecule has 0 radical (unpaired) electrons. The Morgan fingerprint density at radius 1 is 1.35 bits per heavy atom. The van der Waals surface area contributed by atoms with Crippen molar-refractivity contribution in [2.75, 3.05) is 11.9 Å². The van der Waals surface area contributed by atoms with E-state index in [0.717, 1.165) is 5.82 Å². The molecular formula is C17H16FN7O. The Labute approximate surface area is 147 Å². The maximum atomic E-state index is 14.1. The van der Waals surface area contributed by atoms with Crippen LogP contribution in [0, 0.1) is 5.82 Å². The van der Waals surface area contributed by atoms with E-state index in [-0.39, 0.29) is 23.7 Å². The summed E-state index contributed by atoms with van der Waals surface area (Å²) in [5.74, 6) is 1.31. The number of benzene rings is 1. The van der Waals surface area contributed by atoms with Crippen LogP contribution in [0.2, 0.25) is 0 Å². The minimum Gasteiger partial charge on any atom is -0.486 e. The molecule has 1 aromatic carbocycles. The molecule has 0 unspecified atom stereocenters. The van der Waals surface area contributed by atoms with E-state index in [1.807, 2.05) is 18.4 Å². The summed E-state index contributed by atoms with van der Waals surface area (Å²) in [4.78, 5) is 20.4. The summed E-state index contributed by atoms with van der Waals surface area (Å²) in [5, 5.41) is 3.35. The smallest absolute Gasteiger partial charge is 0.180 e. The molecule has 0 spiro atoms. The molecule has 0 aliphatic carbocycles. The predicted molar refractivity (Wildman–Crippen MR) is 93.6 cm³/mol. The normalized spacial score (nSPS) is 17.4. The molecule has 1 aliphatic rings. The fourth-order valence-corrected chi connectivity index (χ4v) is 3.46. The molecule has 26 heavy (non-hydrogen) atoms. The van der Waals surface area contributed by atoms with Gasteiger partial charge < -0.3 is 19.6 Å². The van der Waals surface area contributed by atoms with Crippen LogP contribution in [0.25, 0.3) is 22.2 Å². The molecule has 132 valence electrons. The number of H-pyrrole nitrogens is 1. The van der Waals surface area contributed by atoms with Gasteiger partial charge in [0.2, 0.25) is 0 Å². The van der Waals surface area contributed by atoms with Crippen molar-refractivity contribution in [2.24, 2.45) is 0 Å². The zero-order chi connectivity index (χ0) is 17.8. The van der Waals surface area contributed by atoms with Crippen LogP contribution < -0.4 is 10.1 Å². The monoisotopic (exact) mass is 353 g/mol. The summed E-state index contributed by atoms with van der Waals surface area (Å²) in [6, 6.07) is 2.95. The number of nitrogens with one attached hydrogen (secondary N) is 2. The highest BCUT2D eigenvalue weighted by molar-refractivity contribution is 5.84. The summed E-state index contributed by atoms with van der Waals surface area (Å²) in [5.41, 5.74) is 2.73. The Hall–Kier alpha value is -3.23. The van der Waals surface area contributed by atoms with E-state index in [4.69, 9.17) is 9.72 Å². The van der Waals surface area contributed by atoms with E-state index >= 15 is 0 Å². The Kier molecular flexibility index (Phi) is 3.12. The summed E-state index contributed by atoms with van der Waals surface area (Å²) in [7, 11) is 0. The first-order valence-electron chi connectivity index (χ1n) is 8.37. The van der Waals surface area contributed by atoms with Gasteiger partial charge in [-0.2, -0.15) is 0 Å². The molecule has 0 saturated carbocycles. The number of ether oxygens (including phenoxy) is 1. The molecule has 2 N–H and O–H groups in total. The molecule has 9 heteroatoms. The predicted octanol–water partition coefficient (Wildman–Crippen LogP) is 2.97. The number of hydrogen-bond donors (Lipinski definition) is 2. The maximum absolute atomic E-state index is 14.1. The highest BCUT2D eigenvalue weighted by Crippen LogP contribution is 2.38. The quantitative estimate of drug-likeness (QED) is 0.588. The Morgan fingerprint density at radius 3 is 3.12 bits per heavy atom. The molecule has 3 aromatic heterocycles. The van der Waals surface area contributed by atoms with Gasteiger partial charge in [-0.25, -0.2) is 24.3 Å². The third-order valence-electron chi connectivity index (χ3n) is 4.65. The van der Waals surface area contributed by atoms with Gasteiger partial charge in [-0.15, -0.1) is 0 Å². The number of halogens is 1. The standard InChI is InChI=1S/C17H16FN7O/c1-8-5-26-14-10(18)3-4-11-13(14)25(8)17(24-11)9(2)23-16-12-15(20-6-19-12)21-7-22-16/h3-4,6-9H,5H2,1-2H3,(H2,19,20,21,22,23)/t8-,9-/m0/s1. The molecule has 4 heterocycles. The topological polar surface area (TPSA) is 93.5 Å². The second kappa shape index (κ2) is 5.38. The van der Waals surface area contributed by atoms with Crippen molar-refractivity contribution in [3.8, 4) is 5.75 Å². The van der Waals surface area contributed by atoms with E-state index in [1.165, 1.54) is 12.4 Å². The number of anilines is 1. The van der Waals surface area contributed by atoms with Gasteiger partial charge in [0.1, 0.15) is 29.8 Å². The first-order chi connectivity index (χ1) is 12.6. The van der Waals surface area contributed by atoms with Crippen LogP contribution in [0.15, 0.2) is 24.8 Å². The molecule has 8 nitrogen and oxygen atoms in total. The molecule has 1 aliphatic heterocycles. The second-order valence-corrected chi connectivity index (χ2v) is 6.43. The van der Waals surface area contributed by atoms with Crippen LogP contribution in [-0.2, 0) is 0 Å². The first kappa shape index (κ1) is 15.1. The van der Waals surface area contributed by atoms with Gasteiger partial charge >= 0.3 is 0 Å².